The number of rotatable bonds is 7. The maximum Gasteiger partial charge on any atom is 0.0623 e. The van der Waals surface area contributed by atoms with Gasteiger partial charge in [-0.2, -0.15) is 0 Å². The summed E-state index contributed by atoms with van der Waals surface area (Å²) in [5.74, 6) is 0. The van der Waals surface area contributed by atoms with Gasteiger partial charge in [-0.1, -0.05) is 0 Å². The second-order valence-corrected chi connectivity index (χ2v) is 7.17. The molecule has 2 atom stereocenters. The average Bonchev–Trinajstić information content (AvgIpc) is 2.49. The lowest BCUT2D eigenvalue weighted by molar-refractivity contribution is -0.0253. The van der Waals surface area contributed by atoms with Crippen molar-refractivity contribution in [1.29, 1.82) is 0 Å². The molecule has 2 unspecified atom stereocenters. The highest BCUT2D eigenvalue weighted by atomic mass is 16.5. The maximum absolute atomic E-state index is 9.63. The second-order valence-electron chi connectivity index (χ2n) is 7.17. The maximum atomic E-state index is 9.63. The number of piperazine rings is 1. The van der Waals surface area contributed by atoms with Crippen LogP contribution in [0.1, 0.15) is 33.6 Å². The minimum absolute atomic E-state index is 0.238. The minimum Gasteiger partial charge on any atom is -0.393 e. The van der Waals surface area contributed by atoms with Gasteiger partial charge in [-0.25, -0.2) is 0 Å². The Balaban J connectivity index is 1.65. The molecule has 0 bridgehead atoms. The summed E-state index contributed by atoms with van der Waals surface area (Å²) in [5, 5.41) is 9.63. The Morgan fingerprint density at radius 1 is 1.05 bits per heavy atom. The van der Waals surface area contributed by atoms with Gasteiger partial charge in [0.2, 0.25) is 0 Å². The first-order valence-corrected chi connectivity index (χ1v) is 9.02. The van der Waals surface area contributed by atoms with E-state index in [0.29, 0.717) is 12.1 Å². The van der Waals surface area contributed by atoms with Crippen molar-refractivity contribution in [2.24, 2.45) is 0 Å². The molecule has 0 aromatic heterocycles. The summed E-state index contributed by atoms with van der Waals surface area (Å²) in [4.78, 5) is 7.68. The molecule has 2 rings (SSSR count). The van der Waals surface area contributed by atoms with Gasteiger partial charge < -0.3 is 14.7 Å². The third kappa shape index (κ3) is 5.78. The standard InChI is InChI=1S/C17H35N3O2/c1-15(2)19-9-7-18(8-10-19)5-4-6-20-11-12-22-14-17(20)13-16(3)21/h15-17,21H,4-14H2,1-3H3. The Bertz CT molecular complexity index is 304. The van der Waals surface area contributed by atoms with Gasteiger partial charge in [-0.15, -0.1) is 0 Å². The monoisotopic (exact) mass is 313 g/mol. The van der Waals surface area contributed by atoms with E-state index >= 15 is 0 Å². The van der Waals surface area contributed by atoms with E-state index in [1.807, 2.05) is 6.92 Å². The summed E-state index contributed by atoms with van der Waals surface area (Å²) < 4.78 is 5.57. The second kappa shape index (κ2) is 9.18. The number of morpholine rings is 1. The largest absolute Gasteiger partial charge is 0.393 e. The summed E-state index contributed by atoms with van der Waals surface area (Å²) >= 11 is 0. The van der Waals surface area contributed by atoms with E-state index in [-0.39, 0.29) is 6.10 Å². The number of aliphatic hydroxyl groups excluding tert-OH is 1. The Kier molecular flexibility index (Phi) is 7.57. The summed E-state index contributed by atoms with van der Waals surface area (Å²) in [6, 6.07) is 1.07. The Morgan fingerprint density at radius 2 is 1.77 bits per heavy atom. The van der Waals surface area contributed by atoms with E-state index < -0.39 is 0 Å². The van der Waals surface area contributed by atoms with E-state index in [2.05, 4.69) is 28.5 Å². The fraction of sp³-hybridized carbons (Fsp3) is 1.00. The van der Waals surface area contributed by atoms with Crippen LogP contribution in [0.15, 0.2) is 0 Å². The molecular formula is C17H35N3O2. The van der Waals surface area contributed by atoms with Gasteiger partial charge in [0.05, 0.1) is 19.3 Å². The highest BCUT2D eigenvalue weighted by Crippen LogP contribution is 2.14. The number of nitrogens with zero attached hydrogens (tertiary/aromatic N) is 3. The first kappa shape index (κ1) is 18.1. The van der Waals surface area contributed by atoms with Crippen molar-refractivity contribution in [1.82, 2.24) is 14.7 Å². The van der Waals surface area contributed by atoms with E-state index in [0.717, 1.165) is 32.7 Å². The highest BCUT2D eigenvalue weighted by Gasteiger charge is 2.24. The average molecular weight is 313 g/mol. The lowest BCUT2D eigenvalue weighted by atomic mass is 10.1. The zero-order valence-electron chi connectivity index (χ0n) is 14.7. The van der Waals surface area contributed by atoms with Crippen molar-refractivity contribution in [2.75, 3.05) is 59.0 Å². The molecule has 0 aromatic carbocycles. The molecule has 130 valence electrons. The summed E-state index contributed by atoms with van der Waals surface area (Å²) in [5.41, 5.74) is 0. The number of aliphatic hydroxyl groups is 1. The van der Waals surface area contributed by atoms with Crippen molar-refractivity contribution < 1.29 is 9.84 Å². The van der Waals surface area contributed by atoms with Gasteiger partial charge in [0, 0.05) is 44.8 Å². The van der Waals surface area contributed by atoms with Crippen LogP contribution < -0.4 is 0 Å². The summed E-state index contributed by atoms with van der Waals surface area (Å²) in [6.07, 6.45) is 1.81. The predicted molar refractivity (Wildman–Crippen MR) is 90.2 cm³/mol. The van der Waals surface area contributed by atoms with Gasteiger partial charge in [-0.05, 0) is 46.7 Å². The molecule has 0 spiro atoms. The van der Waals surface area contributed by atoms with Gasteiger partial charge >= 0.3 is 0 Å². The molecule has 0 radical (unpaired) electrons. The molecule has 0 amide bonds. The van der Waals surface area contributed by atoms with Crippen molar-refractivity contribution >= 4 is 0 Å². The number of hydrogen-bond donors (Lipinski definition) is 1. The molecule has 1 N–H and O–H groups in total. The van der Waals surface area contributed by atoms with Crippen LogP contribution in [0.2, 0.25) is 0 Å². The topological polar surface area (TPSA) is 39.2 Å². The normalized spacial score (nSPS) is 27.4. The van der Waals surface area contributed by atoms with E-state index in [1.54, 1.807) is 0 Å². The Hall–Kier alpha value is -0.200. The van der Waals surface area contributed by atoms with Crippen LogP contribution in [0.25, 0.3) is 0 Å². The molecule has 0 aliphatic carbocycles. The molecule has 5 heteroatoms. The molecular weight excluding hydrogens is 278 g/mol. The van der Waals surface area contributed by atoms with Crippen molar-refractivity contribution in [3.05, 3.63) is 0 Å². The first-order chi connectivity index (χ1) is 10.6. The van der Waals surface area contributed by atoms with Gasteiger partial charge in [0.1, 0.15) is 0 Å². The van der Waals surface area contributed by atoms with Crippen LogP contribution >= 0.6 is 0 Å². The van der Waals surface area contributed by atoms with Crippen LogP contribution in [-0.2, 0) is 4.74 Å². The third-order valence-electron chi connectivity index (χ3n) is 5.02. The summed E-state index contributed by atoms with van der Waals surface area (Å²) in [7, 11) is 0. The van der Waals surface area contributed by atoms with Crippen LogP contribution in [0, 0.1) is 0 Å². The van der Waals surface area contributed by atoms with Gasteiger partial charge in [-0.3, -0.25) is 9.80 Å². The smallest absolute Gasteiger partial charge is 0.0623 e. The lowest BCUT2D eigenvalue weighted by Crippen LogP contribution is -2.50. The minimum atomic E-state index is -0.238. The van der Waals surface area contributed by atoms with Crippen molar-refractivity contribution in [3.63, 3.8) is 0 Å². The Labute approximate surface area is 136 Å². The van der Waals surface area contributed by atoms with Gasteiger partial charge in [0.15, 0.2) is 0 Å². The molecule has 0 saturated carbocycles. The van der Waals surface area contributed by atoms with Crippen LogP contribution in [0.4, 0.5) is 0 Å². The molecule has 2 saturated heterocycles. The zero-order chi connectivity index (χ0) is 15.9. The fourth-order valence-corrected chi connectivity index (χ4v) is 3.60. The van der Waals surface area contributed by atoms with E-state index in [1.165, 1.54) is 39.1 Å². The van der Waals surface area contributed by atoms with Gasteiger partial charge in [0.25, 0.3) is 0 Å². The Morgan fingerprint density at radius 3 is 2.41 bits per heavy atom. The quantitative estimate of drug-likeness (QED) is 0.755. The van der Waals surface area contributed by atoms with Crippen molar-refractivity contribution in [3.8, 4) is 0 Å². The lowest BCUT2D eigenvalue weighted by Gasteiger charge is -2.38. The highest BCUT2D eigenvalue weighted by molar-refractivity contribution is 4.78. The van der Waals surface area contributed by atoms with E-state index in [9.17, 15) is 5.11 Å². The molecule has 2 aliphatic heterocycles. The van der Waals surface area contributed by atoms with E-state index in [4.69, 9.17) is 4.74 Å². The fourth-order valence-electron chi connectivity index (χ4n) is 3.60. The predicted octanol–water partition coefficient (Wildman–Crippen LogP) is 0.874. The first-order valence-electron chi connectivity index (χ1n) is 9.02. The van der Waals surface area contributed by atoms with Crippen LogP contribution in [0.3, 0.4) is 0 Å². The van der Waals surface area contributed by atoms with Crippen molar-refractivity contribution in [2.45, 2.75) is 51.8 Å². The molecule has 2 heterocycles. The molecule has 2 aliphatic rings. The zero-order valence-corrected chi connectivity index (χ0v) is 14.7. The third-order valence-corrected chi connectivity index (χ3v) is 5.02. The number of ether oxygens (including phenoxy) is 1. The number of hydrogen-bond acceptors (Lipinski definition) is 5. The van der Waals surface area contributed by atoms with Crippen LogP contribution in [-0.4, -0.2) is 97.0 Å². The molecule has 0 aromatic rings. The summed E-state index contributed by atoms with van der Waals surface area (Å²) in [6.45, 7) is 16.2. The molecule has 22 heavy (non-hydrogen) atoms. The van der Waals surface area contributed by atoms with Crippen LogP contribution in [0.5, 0.6) is 0 Å². The SMILES string of the molecule is CC(O)CC1COCCN1CCCN1CCN(C(C)C)CC1. The molecule has 2 fully saturated rings. The molecule has 5 nitrogen and oxygen atoms in total.